The van der Waals surface area contributed by atoms with Crippen molar-refractivity contribution >= 4 is 5.95 Å². The summed E-state index contributed by atoms with van der Waals surface area (Å²) < 4.78 is 10.6. The number of methoxy groups -OCH3 is 1. The first-order valence-electron chi connectivity index (χ1n) is 7.57. The van der Waals surface area contributed by atoms with Crippen LogP contribution in [0.3, 0.4) is 0 Å². The van der Waals surface area contributed by atoms with Crippen molar-refractivity contribution in [2.24, 2.45) is 5.92 Å². The molecule has 0 radical (unpaired) electrons. The molecule has 0 spiro atoms. The lowest BCUT2D eigenvalue weighted by Gasteiger charge is -2.13. The van der Waals surface area contributed by atoms with Crippen LogP contribution in [0.4, 0.5) is 5.95 Å². The van der Waals surface area contributed by atoms with Crippen molar-refractivity contribution in [2.75, 3.05) is 12.4 Å². The molecule has 2 heterocycles. The number of anilines is 1. The SMILES string of the molecule is COc1cc(C)nc(N[C@H]2CC[C@@H](Cc3nnc(C)o3)C2)n1. The van der Waals surface area contributed by atoms with Gasteiger partial charge in [0.1, 0.15) is 0 Å². The van der Waals surface area contributed by atoms with E-state index in [1.54, 1.807) is 7.11 Å². The molecule has 0 amide bonds. The normalized spacial score (nSPS) is 21.0. The molecule has 0 aromatic carbocycles. The number of nitrogens with zero attached hydrogens (tertiary/aromatic N) is 4. The van der Waals surface area contributed by atoms with E-state index in [9.17, 15) is 0 Å². The standard InChI is InChI=1S/C15H21N5O2/c1-9-6-13(21-3)18-15(16-9)17-12-5-4-11(7-12)8-14-20-19-10(2)22-14/h6,11-12H,4-5,7-8H2,1-3H3,(H,16,17,18)/t11-,12+/m1/s1. The molecule has 1 saturated carbocycles. The maximum Gasteiger partial charge on any atom is 0.226 e. The van der Waals surface area contributed by atoms with Crippen LogP contribution >= 0.6 is 0 Å². The molecule has 1 aliphatic carbocycles. The van der Waals surface area contributed by atoms with Crippen LogP contribution in [-0.2, 0) is 6.42 Å². The van der Waals surface area contributed by atoms with Gasteiger partial charge in [0.05, 0.1) is 7.11 Å². The molecular formula is C15H21N5O2. The predicted molar refractivity (Wildman–Crippen MR) is 80.8 cm³/mol. The Hall–Kier alpha value is -2.18. The Balaban J connectivity index is 1.57. The highest BCUT2D eigenvalue weighted by Crippen LogP contribution is 2.30. The van der Waals surface area contributed by atoms with Crippen molar-refractivity contribution < 1.29 is 9.15 Å². The minimum absolute atomic E-state index is 0.375. The molecule has 2 atom stereocenters. The summed E-state index contributed by atoms with van der Waals surface area (Å²) in [6, 6.07) is 2.20. The van der Waals surface area contributed by atoms with Gasteiger partial charge >= 0.3 is 0 Å². The molecule has 7 nitrogen and oxygen atoms in total. The van der Waals surface area contributed by atoms with E-state index in [2.05, 4.69) is 25.5 Å². The van der Waals surface area contributed by atoms with Crippen LogP contribution < -0.4 is 10.1 Å². The van der Waals surface area contributed by atoms with Crippen LogP contribution in [0.1, 0.15) is 36.7 Å². The van der Waals surface area contributed by atoms with E-state index in [0.717, 1.165) is 37.3 Å². The number of aromatic nitrogens is 4. The van der Waals surface area contributed by atoms with Crippen LogP contribution in [0, 0.1) is 19.8 Å². The average Bonchev–Trinajstić information content (AvgIpc) is 3.08. The summed E-state index contributed by atoms with van der Waals surface area (Å²) in [6.45, 7) is 3.75. The van der Waals surface area contributed by atoms with E-state index >= 15 is 0 Å². The van der Waals surface area contributed by atoms with E-state index in [0.29, 0.717) is 29.7 Å². The lowest BCUT2D eigenvalue weighted by atomic mass is 10.0. The van der Waals surface area contributed by atoms with Crippen molar-refractivity contribution in [2.45, 2.75) is 45.6 Å². The zero-order valence-electron chi connectivity index (χ0n) is 13.2. The monoisotopic (exact) mass is 303 g/mol. The number of rotatable bonds is 5. The van der Waals surface area contributed by atoms with Crippen molar-refractivity contribution in [1.82, 2.24) is 20.2 Å². The molecule has 2 aromatic heterocycles. The summed E-state index contributed by atoms with van der Waals surface area (Å²) in [4.78, 5) is 8.76. The third-order valence-electron chi connectivity index (χ3n) is 3.95. The molecule has 7 heteroatoms. The molecule has 0 unspecified atom stereocenters. The maximum atomic E-state index is 5.46. The van der Waals surface area contributed by atoms with Gasteiger partial charge in [0.25, 0.3) is 0 Å². The van der Waals surface area contributed by atoms with Gasteiger partial charge in [-0.25, -0.2) is 4.98 Å². The van der Waals surface area contributed by atoms with Gasteiger partial charge in [0.2, 0.25) is 23.6 Å². The van der Waals surface area contributed by atoms with Crippen LogP contribution in [0.5, 0.6) is 5.88 Å². The first-order valence-corrected chi connectivity index (χ1v) is 7.57. The largest absolute Gasteiger partial charge is 0.481 e. The molecule has 22 heavy (non-hydrogen) atoms. The van der Waals surface area contributed by atoms with Gasteiger partial charge in [-0.05, 0) is 32.1 Å². The number of hydrogen-bond donors (Lipinski definition) is 1. The minimum atomic E-state index is 0.375. The van der Waals surface area contributed by atoms with E-state index in [1.807, 2.05) is 19.9 Å². The van der Waals surface area contributed by atoms with Crippen LogP contribution in [-0.4, -0.2) is 33.3 Å². The Bertz CT molecular complexity index is 643. The average molecular weight is 303 g/mol. The summed E-state index contributed by atoms with van der Waals surface area (Å²) in [5, 5.41) is 11.4. The Morgan fingerprint density at radius 3 is 2.86 bits per heavy atom. The Kier molecular flexibility index (Phi) is 4.22. The third kappa shape index (κ3) is 3.52. The quantitative estimate of drug-likeness (QED) is 0.907. The van der Waals surface area contributed by atoms with Crippen LogP contribution in [0.15, 0.2) is 10.5 Å². The van der Waals surface area contributed by atoms with Crippen molar-refractivity contribution in [3.05, 3.63) is 23.5 Å². The van der Waals surface area contributed by atoms with E-state index in [4.69, 9.17) is 9.15 Å². The van der Waals surface area contributed by atoms with Crippen molar-refractivity contribution in [3.8, 4) is 5.88 Å². The van der Waals surface area contributed by atoms with Crippen molar-refractivity contribution in [1.29, 1.82) is 0 Å². The van der Waals surface area contributed by atoms with Gasteiger partial charge in [0.15, 0.2) is 0 Å². The van der Waals surface area contributed by atoms with E-state index in [1.165, 1.54) is 0 Å². The summed E-state index contributed by atoms with van der Waals surface area (Å²) in [5.41, 5.74) is 0.894. The van der Waals surface area contributed by atoms with Crippen LogP contribution in [0.25, 0.3) is 0 Å². The van der Waals surface area contributed by atoms with Gasteiger partial charge in [-0.2, -0.15) is 4.98 Å². The smallest absolute Gasteiger partial charge is 0.226 e. The maximum absolute atomic E-state index is 5.46. The second kappa shape index (κ2) is 6.29. The molecule has 1 fully saturated rings. The molecular weight excluding hydrogens is 282 g/mol. The fourth-order valence-corrected chi connectivity index (χ4v) is 2.95. The molecule has 118 valence electrons. The topological polar surface area (TPSA) is 86.0 Å². The van der Waals surface area contributed by atoms with Gasteiger partial charge < -0.3 is 14.5 Å². The Morgan fingerprint density at radius 2 is 2.14 bits per heavy atom. The molecule has 1 N–H and O–H groups in total. The predicted octanol–water partition coefficient (Wildman–Crippen LogP) is 2.31. The van der Waals surface area contributed by atoms with E-state index < -0.39 is 0 Å². The Morgan fingerprint density at radius 1 is 1.27 bits per heavy atom. The molecule has 2 aromatic rings. The highest BCUT2D eigenvalue weighted by molar-refractivity contribution is 5.32. The fraction of sp³-hybridized carbons (Fsp3) is 0.600. The zero-order valence-corrected chi connectivity index (χ0v) is 13.2. The lowest BCUT2D eigenvalue weighted by Crippen LogP contribution is -2.18. The summed E-state index contributed by atoms with van der Waals surface area (Å²) >= 11 is 0. The number of ether oxygens (including phenoxy) is 1. The highest BCUT2D eigenvalue weighted by atomic mass is 16.5. The van der Waals surface area contributed by atoms with Crippen molar-refractivity contribution in [3.63, 3.8) is 0 Å². The zero-order chi connectivity index (χ0) is 15.5. The first kappa shape index (κ1) is 14.7. The van der Waals surface area contributed by atoms with Gasteiger partial charge in [-0.3, -0.25) is 0 Å². The van der Waals surface area contributed by atoms with Gasteiger partial charge in [0, 0.05) is 31.1 Å². The molecule has 0 saturated heterocycles. The second-order valence-corrected chi connectivity index (χ2v) is 5.81. The second-order valence-electron chi connectivity index (χ2n) is 5.81. The number of hydrogen-bond acceptors (Lipinski definition) is 7. The summed E-state index contributed by atoms with van der Waals surface area (Å²) in [7, 11) is 1.61. The number of nitrogens with one attached hydrogen (secondary N) is 1. The number of aryl methyl sites for hydroxylation is 2. The molecule has 0 aliphatic heterocycles. The molecule has 1 aliphatic rings. The molecule has 3 rings (SSSR count). The molecule has 0 bridgehead atoms. The minimum Gasteiger partial charge on any atom is -0.481 e. The summed E-state index contributed by atoms with van der Waals surface area (Å²) in [6.07, 6.45) is 4.14. The fourth-order valence-electron chi connectivity index (χ4n) is 2.95. The highest BCUT2D eigenvalue weighted by Gasteiger charge is 2.27. The lowest BCUT2D eigenvalue weighted by molar-refractivity contribution is 0.396. The van der Waals surface area contributed by atoms with Crippen LogP contribution in [0.2, 0.25) is 0 Å². The Labute approximate surface area is 129 Å². The summed E-state index contributed by atoms with van der Waals surface area (Å²) in [5.74, 6) is 3.14. The first-order chi connectivity index (χ1) is 10.6. The third-order valence-corrected chi connectivity index (χ3v) is 3.95. The van der Waals surface area contributed by atoms with Gasteiger partial charge in [-0.1, -0.05) is 0 Å². The van der Waals surface area contributed by atoms with Gasteiger partial charge in [-0.15, -0.1) is 10.2 Å². The van der Waals surface area contributed by atoms with E-state index in [-0.39, 0.29) is 0 Å².